The van der Waals surface area contributed by atoms with Gasteiger partial charge in [0.2, 0.25) is 5.52 Å². The second kappa shape index (κ2) is 8.42. The van der Waals surface area contributed by atoms with Crippen LogP contribution in [0.15, 0.2) is 0 Å². The maximum absolute atomic E-state index is 12.6. The summed E-state index contributed by atoms with van der Waals surface area (Å²) in [5.74, 6) is 0. The van der Waals surface area contributed by atoms with E-state index in [0.717, 1.165) is 57.8 Å². The number of piperidine rings is 1. The van der Waals surface area contributed by atoms with Crippen molar-refractivity contribution in [2.24, 2.45) is 5.41 Å². The van der Waals surface area contributed by atoms with E-state index in [1.54, 1.807) is 4.90 Å². The largest absolute Gasteiger partial charge is 0.355 e. The Hall–Kier alpha value is 0.260. The molecule has 1 aliphatic heterocycles. The molecule has 0 amide bonds. The van der Waals surface area contributed by atoms with E-state index in [1.807, 2.05) is 13.8 Å². The minimum Gasteiger partial charge on any atom is -0.323 e. The molecule has 1 heterocycles. The number of likely N-dealkylation sites (tertiary alicyclic amines) is 1. The van der Waals surface area contributed by atoms with Gasteiger partial charge in [0.05, 0.1) is 0 Å². The average Bonchev–Trinajstić information content (AvgIpc) is 2.62. The summed E-state index contributed by atoms with van der Waals surface area (Å²) in [6, 6.07) is 0. The Morgan fingerprint density at radius 2 is 1.21 bits per heavy atom. The molecule has 0 aromatic rings. The summed E-state index contributed by atoms with van der Waals surface area (Å²) < 4.78 is 25.1. The number of nitrogens with zero attached hydrogens (tertiary/aromatic N) is 1. The molecule has 2 rings (SSSR count). The summed E-state index contributed by atoms with van der Waals surface area (Å²) in [6.45, 7) is 8.22. The van der Waals surface area contributed by atoms with Crippen molar-refractivity contribution in [2.45, 2.75) is 115 Å². The quantitative estimate of drug-likeness (QED) is 0.421. The van der Waals surface area contributed by atoms with Gasteiger partial charge in [-0.3, -0.25) is 14.0 Å². The first-order valence-corrected chi connectivity index (χ1v) is 14.2. The lowest BCUT2D eigenvalue weighted by molar-refractivity contribution is -0.167. The molecule has 9 heteroatoms. The van der Waals surface area contributed by atoms with Gasteiger partial charge in [0.25, 0.3) is 0 Å². The van der Waals surface area contributed by atoms with Crippen molar-refractivity contribution in [1.29, 1.82) is 0 Å². The second-order valence-corrected chi connectivity index (χ2v) is 12.6. The lowest BCUT2D eigenvalue weighted by atomic mass is 9.54. The van der Waals surface area contributed by atoms with Gasteiger partial charge in [-0.2, -0.15) is 0 Å². The molecule has 0 bridgehead atoms. The number of rotatable bonds is 7. The Labute approximate surface area is 169 Å². The molecule has 166 valence electrons. The normalized spacial score (nSPS) is 25.3. The fourth-order valence-electron chi connectivity index (χ4n) is 6.80. The Balaban J connectivity index is 2.84. The highest BCUT2D eigenvalue weighted by Crippen LogP contribution is 2.70. The van der Waals surface area contributed by atoms with Gasteiger partial charge < -0.3 is 19.6 Å². The predicted molar refractivity (Wildman–Crippen MR) is 111 cm³/mol. The van der Waals surface area contributed by atoms with Crippen molar-refractivity contribution in [3.63, 3.8) is 0 Å². The van der Waals surface area contributed by atoms with Crippen LogP contribution in [0, 0.1) is 5.41 Å². The van der Waals surface area contributed by atoms with Gasteiger partial charge in [0.15, 0.2) is 0 Å². The SMILES string of the molecule is CCC1(CC)CCC2(CCCCC2)N(C(P(=O)(O)O)P(=O)(O)O)C1(CC)CC. The van der Waals surface area contributed by atoms with E-state index < -0.39 is 31.8 Å². The van der Waals surface area contributed by atoms with E-state index in [-0.39, 0.29) is 5.41 Å². The van der Waals surface area contributed by atoms with E-state index in [0.29, 0.717) is 12.8 Å². The fourth-order valence-corrected chi connectivity index (χ4v) is 9.90. The van der Waals surface area contributed by atoms with E-state index in [1.165, 1.54) is 0 Å². The van der Waals surface area contributed by atoms with Gasteiger partial charge in [-0.15, -0.1) is 0 Å². The third-order valence-electron chi connectivity index (χ3n) is 8.17. The summed E-state index contributed by atoms with van der Waals surface area (Å²) in [6.07, 6.45) is 8.97. The van der Waals surface area contributed by atoms with Crippen LogP contribution in [0.4, 0.5) is 0 Å². The van der Waals surface area contributed by atoms with Crippen molar-refractivity contribution < 1.29 is 28.7 Å². The third kappa shape index (κ3) is 3.82. The summed E-state index contributed by atoms with van der Waals surface area (Å²) in [7, 11) is -10.2. The van der Waals surface area contributed by atoms with Crippen LogP contribution in [0.2, 0.25) is 0 Å². The fraction of sp³-hybridized carbons (Fsp3) is 1.00. The smallest absolute Gasteiger partial charge is 0.323 e. The van der Waals surface area contributed by atoms with Crippen LogP contribution in [0.25, 0.3) is 0 Å². The number of hydrogen-bond donors (Lipinski definition) is 4. The zero-order valence-electron chi connectivity index (χ0n) is 17.8. The highest BCUT2D eigenvalue weighted by molar-refractivity contribution is 7.70. The minimum absolute atomic E-state index is 0.220. The minimum atomic E-state index is -5.08. The molecule has 1 saturated carbocycles. The van der Waals surface area contributed by atoms with E-state index in [9.17, 15) is 28.7 Å². The van der Waals surface area contributed by atoms with Crippen LogP contribution in [0.1, 0.15) is 98.3 Å². The predicted octanol–water partition coefficient (Wildman–Crippen LogP) is 4.79. The van der Waals surface area contributed by atoms with Crippen molar-refractivity contribution in [2.75, 3.05) is 0 Å². The van der Waals surface area contributed by atoms with Gasteiger partial charge in [0.1, 0.15) is 0 Å². The van der Waals surface area contributed by atoms with Crippen LogP contribution in [-0.2, 0) is 9.13 Å². The topological polar surface area (TPSA) is 118 Å². The molecule has 1 spiro atoms. The Morgan fingerprint density at radius 3 is 1.57 bits per heavy atom. The van der Waals surface area contributed by atoms with Crippen molar-refractivity contribution in [1.82, 2.24) is 4.90 Å². The molecule has 28 heavy (non-hydrogen) atoms. The van der Waals surface area contributed by atoms with Gasteiger partial charge in [-0.1, -0.05) is 47.0 Å². The van der Waals surface area contributed by atoms with Gasteiger partial charge in [-0.05, 0) is 56.8 Å². The molecular weight excluding hydrogens is 400 g/mol. The highest BCUT2D eigenvalue weighted by atomic mass is 31.2. The van der Waals surface area contributed by atoms with Crippen molar-refractivity contribution in [3.05, 3.63) is 0 Å². The molecular formula is C19H39NO6P2. The van der Waals surface area contributed by atoms with Crippen LogP contribution in [0.3, 0.4) is 0 Å². The van der Waals surface area contributed by atoms with Crippen LogP contribution in [-0.4, -0.2) is 41.1 Å². The summed E-state index contributed by atoms with van der Waals surface area (Å²) in [5, 5.41) is 0. The molecule has 4 N–H and O–H groups in total. The molecule has 0 aromatic heterocycles. The summed E-state index contributed by atoms with van der Waals surface area (Å²) in [4.78, 5) is 42.5. The molecule has 0 unspecified atom stereocenters. The molecule has 0 aromatic carbocycles. The van der Waals surface area contributed by atoms with Crippen LogP contribution < -0.4 is 0 Å². The molecule has 2 aliphatic rings. The van der Waals surface area contributed by atoms with Gasteiger partial charge in [-0.25, -0.2) is 0 Å². The standard InChI is InChI=1S/C19H39NO6P2/c1-5-17(6-2)14-15-18(12-10-9-11-13-18)20(19(17,7-3)8-4)16(27(21,22)23)28(24,25)26/h16H,5-15H2,1-4H3,(H2,21,22,23)(H2,24,25,26). The first kappa shape index (κ1) is 24.5. The molecule has 2 fully saturated rings. The second-order valence-electron chi connectivity index (χ2n) is 8.91. The zero-order chi connectivity index (χ0) is 21.4. The maximum atomic E-state index is 12.6. The highest BCUT2D eigenvalue weighted by Gasteiger charge is 2.67. The van der Waals surface area contributed by atoms with Gasteiger partial charge >= 0.3 is 15.2 Å². The molecule has 1 aliphatic carbocycles. The van der Waals surface area contributed by atoms with Gasteiger partial charge in [0, 0.05) is 11.1 Å². The summed E-state index contributed by atoms with van der Waals surface area (Å²) in [5.41, 5.74) is -3.48. The lowest BCUT2D eigenvalue weighted by Gasteiger charge is -2.68. The number of hydrogen-bond acceptors (Lipinski definition) is 3. The Bertz CT molecular complexity index is 606. The molecule has 0 atom stereocenters. The molecule has 0 radical (unpaired) electrons. The molecule has 1 saturated heterocycles. The summed E-state index contributed by atoms with van der Waals surface area (Å²) >= 11 is 0. The van der Waals surface area contributed by atoms with Crippen LogP contribution in [0.5, 0.6) is 0 Å². The Morgan fingerprint density at radius 1 is 0.750 bits per heavy atom. The lowest BCUT2D eigenvalue weighted by Crippen LogP contribution is -2.73. The van der Waals surface area contributed by atoms with Crippen molar-refractivity contribution in [3.8, 4) is 0 Å². The maximum Gasteiger partial charge on any atom is 0.355 e. The van der Waals surface area contributed by atoms with Crippen LogP contribution >= 0.6 is 15.2 Å². The first-order valence-electron chi connectivity index (χ1n) is 10.8. The third-order valence-corrected chi connectivity index (χ3v) is 11.6. The molecule has 7 nitrogen and oxygen atoms in total. The average molecular weight is 439 g/mol. The van der Waals surface area contributed by atoms with E-state index in [4.69, 9.17) is 0 Å². The monoisotopic (exact) mass is 439 g/mol. The Kier molecular flexibility index (Phi) is 7.37. The zero-order valence-corrected chi connectivity index (χ0v) is 19.6. The van der Waals surface area contributed by atoms with E-state index in [2.05, 4.69) is 13.8 Å². The van der Waals surface area contributed by atoms with E-state index >= 15 is 0 Å². The van der Waals surface area contributed by atoms with Crippen molar-refractivity contribution >= 4 is 15.2 Å². The first-order chi connectivity index (χ1) is 12.9.